The lowest BCUT2D eigenvalue weighted by molar-refractivity contribution is -0.336. The van der Waals surface area contributed by atoms with Crippen molar-refractivity contribution in [3.63, 3.8) is 0 Å². The summed E-state index contributed by atoms with van der Waals surface area (Å²) in [5, 5.41) is 76.8. The molecule has 4 aliphatic carbocycles. The van der Waals surface area contributed by atoms with Crippen molar-refractivity contribution in [1.82, 2.24) is 0 Å². The molecule has 10 nitrogen and oxygen atoms in total. The van der Waals surface area contributed by atoms with Crippen LogP contribution in [0.1, 0.15) is 99.8 Å². The summed E-state index contributed by atoms with van der Waals surface area (Å²) < 4.78 is 12.4. The molecule has 1 saturated heterocycles. The highest BCUT2D eigenvalue weighted by molar-refractivity contribution is 5.94. The van der Waals surface area contributed by atoms with Crippen molar-refractivity contribution in [2.45, 2.75) is 154 Å². The summed E-state index contributed by atoms with van der Waals surface area (Å²) in [6.45, 7) is 17.6. The lowest BCUT2D eigenvalue weighted by atomic mass is 9.34. The van der Waals surface area contributed by atoms with Gasteiger partial charge in [0, 0.05) is 6.42 Å². The second-order valence-corrected chi connectivity index (χ2v) is 17.3. The highest BCUT2D eigenvalue weighted by Crippen LogP contribution is 2.76. The fourth-order valence-corrected chi connectivity index (χ4v) is 12.0. The van der Waals surface area contributed by atoms with Crippen molar-refractivity contribution in [3.8, 4) is 0 Å². The maximum absolute atomic E-state index is 12.8. The number of hydrogen-bond acceptors (Lipinski definition) is 10. The van der Waals surface area contributed by atoms with Crippen LogP contribution in [0.3, 0.4) is 0 Å². The van der Waals surface area contributed by atoms with Gasteiger partial charge < -0.3 is 45.2 Å². The molecule has 0 aromatic rings. The third-order valence-corrected chi connectivity index (χ3v) is 14.6. The summed E-state index contributed by atoms with van der Waals surface area (Å²) in [6, 6.07) is 0. The van der Waals surface area contributed by atoms with E-state index >= 15 is 0 Å². The first-order valence-corrected chi connectivity index (χ1v) is 17.4. The average Bonchev–Trinajstić information content (AvgIpc) is 3.36. The Morgan fingerprint density at radius 1 is 0.935 bits per heavy atom. The van der Waals surface area contributed by atoms with Crippen molar-refractivity contribution >= 4 is 5.78 Å². The van der Waals surface area contributed by atoms with Crippen molar-refractivity contribution < 1.29 is 50.0 Å². The number of ketones is 1. The van der Waals surface area contributed by atoms with Crippen LogP contribution in [0.25, 0.3) is 0 Å². The van der Waals surface area contributed by atoms with Crippen LogP contribution in [0.2, 0.25) is 0 Å². The van der Waals surface area contributed by atoms with Gasteiger partial charge in [-0.3, -0.25) is 4.79 Å². The fourth-order valence-electron chi connectivity index (χ4n) is 12.0. The molecule has 1 heterocycles. The van der Waals surface area contributed by atoms with Crippen LogP contribution in [0.4, 0.5) is 0 Å². The van der Waals surface area contributed by atoms with Crippen LogP contribution in [-0.2, 0) is 14.3 Å². The molecule has 46 heavy (non-hydrogen) atoms. The molecule has 5 rings (SSSR count). The molecule has 0 aromatic heterocycles. The van der Waals surface area contributed by atoms with Gasteiger partial charge in [-0.15, -0.1) is 0 Å². The number of rotatable bonds is 8. The van der Waals surface area contributed by atoms with Crippen LogP contribution in [0.15, 0.2) is 12.2 Å². The van der Waals surface area contributed by atoms with Crippen LogP contribution >= 0.6 is 0 Å². The van der Waals surface area contributed by atoms with Crippen molar-refractivity contribution in [1.29, 1.82) is 0 Å². The molecule has 1 aliphatic heterocycles. The number of ether oxygens (including phenoxy) is 2. The molecule has 0 spiro atoms. The molecule has 4 saturated carbocycles. The van der Waals surface area contributed by atoms with E-state index in [4.69, 9.17) is 9.47 Å². The third kappa shape index (κ3) is 5.28. The first kappa shape index (κ1) is 36.3. The van der Waals surface area contributed by atoms with Gasteiger partial charge in [0.1, 0.15) is 24.4 Å². The molecule has 0 bridgehead atoms. The first-order valence-electron chi connectivity index (χ1n) is 17.4. The zero-order chi connectivity index (χ0) is 34.4. The topological polar surface area (TPSA) is 177 Å². The van der Waals surface area contributed by atoms with E-state index in [2.05, 4.69) is 41.2 Å². The van der Waals surface area contributed by atoms with Gasteiger partial charge in [-0.05, 0) is 110 Å². The maximum atomic E-state index is 12.8. The molecule has 16 atom stereocenters. The second kappa shape index (κ2) is 12.1. The molecule has 0 radical (unpaired) electrons. The van der Waals surface area contributed by atoms with Crippen molar-refractivity contribution in [2.24, 2.45) is 45.3 Å². The summed E-state index contributed by atoms with van der Waals surface area (Å²) in [5.41, 5.74) is -2.20. The lowest BCUT2D eigenvalue weighted by Gasteiger charge is -2.71. The van der Waals surface area contributed by atoms with E-state index in [1.54, 1.807) is 6.92 Å². The van der Waals surface area contributed by atoms with Crippen LogP contribution < -0.4 is 0 Å². The molecular formula is C36H60O10. The van der Waals surface area contributed by atoms with Gasteiger partial charge in [-0.1, -0.05) is 41.2 Å². The van der Waals surface area contributed by atoms with Gasteiger partial charge >= 0.3 is 0 Å². The van der Waals surface area contributed by atoms with Crippen molar-refractivity contribution in [2.75, 3.05) is 6.61 Å². The molecule has 10 heteroatoms. The maximum Gasteiger partial charge on any atom is 0.187 e. The minimum atomic E-state index is -1.61. The molecule has 4 unspecified atom stereocenters. The highest BCUT2D eigenvalue weighted by atomic mass is 16.7. The van der Waals surface area contributed by atoms with Gasteiger partial charge in [0.2, 0.25) is 0 Å². The number of carbonyl (C=O) groups excluding carboxylic acids is 1. The standard InChI is InChI=1S/C36H60O10/c1-18(2)20(38)10-14-36(8,46-31-29(44)28(43)27(42)23(17-37)45-31)19-9-13-34(6)26(19)21(39)15-24-33(5)12-11-25(41)32(3,4)30(33)22(40)16-35(24,34)7/h19,21-31,37,39-44H,1,9-17H2,2-8H3/t19?,21-,22+,23-,24?,25+,26?,27-,28+,29-,30?,31+,33-,34-,35-,36+/m1/s1. The van der Waals surface area contributed by atoms with Crippen molar-refractivity contribution in [3.05, 3.63) is 12.2 Å². The predicted octanol–water partition coefficient (Wildman–Crippen LogP) is 2.47. The number of aliphatic hydroxyl groups is 7. The number of Topliss-reactive ketones (excluding diaryl/α,β-unsaturated/α-hetero) is 1. The molecular weight excluding hydrogens is 592 g/mol. The van der Waals surface area contributed by atoms with E-state index in [0.29, 0.717) is 31.3 Å². The van der Waals surface area contributed by atoms with E-state index in [1.165, 1.54) is 0 Å². The summed E-state index contributed by atoms with van der Waals surface area (Å²) in [5.74, 6) is -0.671. The lowest BCUT2D eigenvalue weighted by Crippen LogP contribution is -2.70. The zero-order valence-corrected chi connectivity index (χ0v) is 28.9. The van der Waals surface area contributed by atoms with E-state index in [-0.39, 0.29) is 53.1 Å². The Kier molecular flexibility index (Phi) is 9.58. The largest absolute Gasteiger partial charge is 0.394 e. The highest BCUT2D eigenvalue weighted by Gasteiger charge is 2.73. The average molecular weight is 653 g/mol. The van der Waals surface area contributed by atoms with E-state index in [1.807, 2.05) is 6.92 Å². The Hall–Kier alpha value is -0.950. The van der Waals surface area contributed by atoms with Gasteiger partial charge in [0.15, 0.2) is 12.1 Å². The summed E-state index contributed by atoms with van der Waals surface area (Å²) >= 11 is 0. The Balaban J connectivity index is 1.52. The molecule has 0 aromatic carbocycles. The van der Waals surface area contributed by atoms with Gasteiger partial charge in [0.25, 0.3) is 0 Å². The summed E-state index contributed by atoms with van der Waals surface area (Å²) in [7, 11) is 0. The van der Waals surface area contributed by atoms with Crippen LogP contribution in [0, 0.1) is 45.3 Å². The minimum Gasteiger partial charge on any atom is -0.394 e. The number of aliphatic hydroxyl groups excluding tert-OH is 7. The number of fused-ring (bicyclic) bond motifs is 5. The van der Waals surface area contributed by atoms with E-state index in [0.717, 1.165) is 12.8 Å². The quantitative estimate of drug-likeness (QED) is 0.193. The second-order valence-electron chi connectivity index (χ2n) is 17.3. The Morgan fingerprint density at radius 2 is 1.59 bits per heavy atom. The van der Waals surface area contributed by atoms with Gasteiger partial charge in [-0.25, -0.2) is 0 Å². The molecule has 0 amide bonds. The molecule has 5 fully saturated rings. The van der Waals surface area contributed by atoms with E-state index < -0.39 is 72.1 Å². The fraction of sp³-hybridized carbons (Fsp3) is 0.917. The smallest absolute Gasteiger partial charge is 0.187 e. The molecule has 5 aliphatic rings. The first-order chi connectivity index (χ1) is 21.2. The normalized spacial score (nSPS) is 51.3. The monoisotopic (exact) mass is 652 g/mol. The SMILES string of the molecule is C=C(C)C(=O)CC[C@](C)(O[C@@H]1O[C@H](CO)[C@@H](O)[C@H](O)[C@H]1O)C1CC[C@]2(C)C1[C@H](O)CC1[C@@]3(C)CC[C@H](O)C(C)(C)C3[C@@H](O)C[C@]12C. The van der Waals surface area contributed by atoms with Gasteiger partial charge in [-0.2, -0.15) is 0 Å². The number of carbonyl (C=O) groups is 1. The summed E-state index contributed by atoms with van der Waals surface area (Å²) in [6.07, 6.45) is -4.78. The number of hydrogen-bond donors (Lipinski definition) is 7. The molecule has 7 N–H and O–H groups in total. The summed E-state index contributed by atoms with van der Waals surface area (Å²) in [4.78, 5) is 12.8. The van der Waals surface area contributed by atoms with E-state index in [9.17, 15) is 40.5 Å². The van der Waals surface area contributed by atoms with Crippen LogP contribution in [0.5, 0.6) is 0 Å². The Bertz CT molecular complexity index is 1170. The number of allylic oxidation sites excluding steroid dienone is 1. The Morgan fingerprint density at radius 3 is 2.20 bits per heavy atom. The molecule has 264 valence electrons. The minimum absolute atomic E-state index is 0.109. The van der Waals surface area contributed by atoms with Gasteiger partial charge in [0.05, 0.1) is 30.5 Å². The van der Waals surface area contributed by atoms with Crippen LogP contribution in [-0.4, -0.2) is 103 Å². The predicted molar refractivity (Wildman–Crippen MR) is 170 cm³/mol. The third-order valence-electron chi connectivity index (χ3n) is 14.6. The zero-order valence-electron chi connectivity index (χ0n) is 28.9. The Labute approximate surface area is 274 Å².